The number of carbonyl (C=O) groups is 1. The quantitative estimate of drug-likeness (QED) is 0.557. The van der Waals surface area contributed by atoms with Crippen LogP contribution >= 0.6 is 0 Å². The van der Waals surface area contributed by atoms with Gasteiger partial charge in [-0.3, -0.25) is 9.69 Å². The Morgan fingerprint density at radius 3 is 2.56 bits per heavy atom. The van der Waals surface area contributed by atoms with Crippen LogP contribution in [0.1, 0.15) is 51.0 Å². The minimum Gasteiger partial charge on any atom is -0.484 e. The number of aromatic nitrogens is 2. The van der Waals surface area contributed by atoms with Gasteiger partial charge in [0.2, 0.25) is 0 Å². The number of nitrogens with zero attached hydrogens (tertiary/aromatic N) is 3. The smallest absolute Gasteiger partial charge is 0.262 e. The van der Waals surface area contributed by atoms with E-state index in [-0.39, 0.29) is 12.5 Å². The second kappa shape index (κ2) is 9.74. The van der Waals surface area contributed by atoms with E-state index in [0.29, 0.717) is 11.8 Å². The molecule has 3 aromatic rings. The molecule has 0 unspecified atom stereocenters. The molecule has 1 N–H and O–H groups in total. The van der Waals surface area contributed by atoms with E-state index in [1.165, 1.54) is 12.8 Å². The number of carbonyl (C=O) groups excluding carboxylic acids is 1. The standard InChI is InChI=1S/C26H34N4O2/c1-18(2)30-24-10-7-21(27-26(31)17-32-22-8-5-19(3)6-9-22)15-23(24)28-25(30)16-29-13-11-20(4)12-14-29/h5-10,15,18,20H,11-14,16-17H2,1-4H3,(H,27,31). The van der Waals surface area contributed by atoms with Gasteiger partial charge in [-0.15, -0.1) is 0 Å². The highest BCUT2D eigenvalue weighted by Crippen LogP contribution is 2.26. The van der Waals surface area contributed by atoms with E-state index in [1.807, 2.05) is 43.3 Å². The van der Waals surface area contributed by atoms with E-state index in [0.717, 1.165) is 53.7 Å². The normalized spacial score (nSPS) is 15.4. The van der Waals surface area contributed by atoms with Gasteiger partial charge in [-0.05, 0) is 83.0 Å². The fourth-order valence-electron chi connectivity index (χ4n) is 4.31. The molecule has 6 nitrogen and oxygen atoms in total. The molecule has 2 aromatic carbocycles. The third kappa shape index (κ3) is 5.30. The van der Waals surface area contributed by atoms with Gasteiger partial charge < -0.3 is 14.6 Å². The van der Waals surface area contributed by atoms with E-state index in [4.69, 9.17) is 9.72 Å². The molecule has 2 heterocycles. The van der Waals surface area contributed by atoms with Crippen molar-refractivity contribution in [3.63, 3.8) is 0 Å². The molecule has 32 heavy (non-hydrogen) atoms. The van der Waals surface area contributed by atoms with Gasteiger partial charge in [-0.25, -0.2) is 4.98 Å². The Kier molecular flexibility index (Phi) is 6.80. The lowest BCUT2D eigenvalue weighted by atomic mass is 9.99. The first-order valence-electron chi connectivity index (χ1n) is 11.6. The van der Waals surface area contributed by atoms with Crippen LogP contribution in [-0.4, -0.2) is 40.1 Å². The second-order valence-electron chi connectivity index (χ2n) is 9.30. The molecule has 170 valence electrons. The first-order chi connectivity index (χ1) is 15.4. The lowest BCUT2D eigenvalue weighted by molar-refractivity contribution is -0.118. The summed E-state index contributed by atoms with van der Waals surface area (Å²) in [5.41, 5.74) is 3.91. The molecule has 1 aromatic heterocycles. The number of amides is 1. The number of hydrogen-bond donors (Lipinski definition) is 1. The average Bonchev–Trinajstić information content (AvgIpc) is 3.12. The molecule has 1 aliphatic heterocycles. The van der Waals surface area contributed by atoms with Gasteiger partial charge >= 0.3 is 0 Å². The Morgan fingerprint density at radius 2 is 1.88 bits per heavy atom. The maximum absolute atomic E-state index is 12.4. The average molecular weight is 435 g/mol. The van der Waals surface area contributed by atoms with Crippen LogP contribution in [0.5, 0.6) is 5.75 Å². The van der Waals surface area contributed by atoms with Crippen LogP contribution in [0.3, 0.4) is 0 Å². The fourth-order valence-corrected chi connectivity index (χ4v) is 4.31. The third-order valence-corrected chi connectivity index (χ3v) is 6.19. The molecule has 1 amide bonds. The monoisotopic (exact) mass is 434 g/mol. The number of likely N-dealkylation sites (tertiary alicyclic amines) is 1. The molecule has 4 rings (SSSR count). The summed E-state index contributed by atoms with van der Waals surface area (Å²) in [4.78, 5) is 19.9. The van der Waals surface area contributed by atoms with Gasteiger partial charge in [-0.2, -0.15) is 0 Å². The van der Waals surface area contributed by atoms with E-state index in [2.05, 4.69) is 41.6 Å². The van der Waals surface area contributed by atoms with E-state index in [1.54, 1.807) is 0 Å². The Balaban J connectivity index is 1.45. The third-order valence-electron chi connectivity index (χ3n) is 6.19. The Bertz CT molecular complexity index is 1060. The number of anilines is 1. The van der Waals surface area contributed by atoms with Crippen LogP contribution in [0.2, 0.25) is 0 Å². The highest BCUT2D eigenvalue weighted by Gasteiger charge is 2.20. The predicted molar refractivity (Wildman–Crippen MR) is 129 cm³/mol. The summed E-state index contributed by atoms with van der Waals surface area (Å²) in [6.45, 7) is 11.8. The number of piperidine rings is 1. The van der Waals surface area contributed by atoms with Crippen LogP contribution in [0.15, 0.2) is 42.5 Å². The first-order valence-corrected chi connectivity index (χ1v) is 11.6. The summed E-state index contributed by atoms with van der Waals surface area (Å²) in [5.74, 6) is 2.41. The number of aryl methyl sites for hydroxylation is 1. The number of fused-ring (bicyclic) bond motifs is 1. The largest absolute Gasteiger partial charge is 0.484 e. The minimum atomic E-state index is -0.184. The lowest BCUT2D eigenvalue weighted by Crippen LogP contribution is -2.33. The highest BCUT2D eigenvalue weighted by molar-refractivity contribution is 5.94. The maximum Gasteiger partial charge on any atom is 0.262 e. The topological polar surface area (TPSA) is 59.4 Å². The zero-order chi connectivity index (χ0) is 22.7. The van der Waals surface area contributed by atoms with Crippen molar-refractivity contribution in [2.75, 3.05) is 25.0 Å². The molecule has 0 aliphatic carbocycles. The zero-order valence-electron chi connectivity index (χ0n) is 19.6. The first kappa shape index (κ1) is 22.3. The van der Waals surface area contributed by atoms with Gasteiger partial charge in [0.1, 0.15) is 11.6 Å². The van der Waals surface area contributed by atoms with Gasteiger partial charge in [-0.1, -0.05) is 24.6 Å². The lowest BCUT2D eigenvalue weighted by Gasteiger charge is -2.30. The number of nitrogens with one attached hydrogen (secondary N) is 1. The Morgan fingerprint density at radius 1 is 1.16 bits per heavy atom. The van der Waals surface area contributed by atoms with Gasteiger partial charge in [0, 0.05) is 11.7 Å². The molecule has 0 atom stereocenters. The van der Waals surface area contributed by atoms with Crippen LogP contribution in [0.25, 0.3) is 11.0 Å². The molecule has 1 fully saturated rings. The van der Waals surface area contributed by atoms with Crippen LogP contribution in [0.4, 0.5) is 5.69 Å². The van der Waals surface area contributed by atoms with Gasteiger partial charge in [0.15, 0.2) is 6.61 Å². The van der Waals surface area contributed by atoms with E-state index in [9.17, 15) is 4.79 Å². The van der Waals surface area contributed by atoms with Crippen LogP contribution in [-0.2, 0) is 11.3 Å². The summed E-state index contributed by atoms with van der Waals surface area (Å²) >= 11 is 0. The van der Waals surface area contributed by atoms with Crippen molar-refractivity contribution >= 4 is 22.6 Å². The van der Waals surface area contributed by atoms with Gasteiger partial charge in [0.05, 0.1) is 17.6 Å². The summed E-state index contributed by atoms with van der Waals surface area (Å²) in [6, 6.07) is 14.0. The van der Waals surface area contributed by atoms with E-state index >= 15 is 0 Å². The SMILES string of the molecule is Cc1ccc(OCC(=O)Nc2ccc3c(c2)nc(CN2CCC(C)CC2)n3C(C)C)cc1. The van der Waals surface area contributed by atoms with Crippen molar-refractivity contribution < 1.29 is 9.53 Å². The summed E-state index contributed by atoms with van der Waals surface area (Å²) in [6.07, 6.45) is 2.51. The molecule has 1 saturated heterocycles. The van der Waals surface area contributed by atoms with Crippen LogP contribution in [0, 0.1) is 12.8 Å². The molecular weight excluding hydrogens is 400 g/mol. The summed E-state index contributed by atoms with van der Waals surface area (Å²) in [5, 5.41) is 2.94. The number of benzene rings is 2. The number of hydrogen-bond acceptors (Lipinski definition) is 4. The second-order valence-corrected chi connectivity index (χ2v) is 9.30. The van der Waals surface area contributed by atoms with Crippen molar-refractivity contribution in [3.8, 4) is 5.75 Å². The van der Waals surface area contributed by atoms with Gasteiger partial charge in [0.25, 0.3) is 5.91 Å². The van der Waals surface area contributed by atoms with Crippen molar-refractivity contribution in [1.82, 2.24) is 14.5 Å². The molecule has 0 radical (unpaired) electrons. The highest BCUT2D eigenvalue weighted by atomic mass is 16.5. The molecule has 1 aliphatic rings. The van der Waals surface area contributed by atoms with Crippen LogP contribution < -0.4 is 10.1 Å². The van der Waals surface area contributed by atoms with Crippen molar-refractivity contribution in [2.24, 2.45) is 5.92 Å². The number of rotatable bonds is 7. The Labute approximate surface area is 190 Å². The van der Waals surface area contributed by atoms with Crippen molar-refractivity contribution in [2.45, 2.75) is 53.1 Å². The molecule has 0 saturated carbocycles. The fraction of sp³-hybridized carbons (Fsp3) is 0.462. The summed E-state index contributed by atoms with van der Waals surface area (Å²) < 4.78 is 7.91. The van der Waals surface area contributed by atoms with Crippen molar-refractivity contribution in [3.05, 3.63) is 53.9 Å². The molecule has 6 heteroatoms. The van der Waals surface area contributed by atoms with E-state index < -0.39 is 0 Å². The predicted octanol–water partition coefficient (Wildman–Crippen LogP) is 5.18. The number of imidazole rings is 1. The number of ether oxygens (including phenoxy) is 1. The van der Waals surface area contributed by atoms with Crippen molar-refractivity contribution in [1.29, 1.82) is 0 Å². The molecule has 0 bridgehead atoms. The maximum atomic E-state index is 12.4. The molecule has 0 spiro atoms. The minimum absolute atomic E-state index is 0.0276. The zero-order valence-corrected chi connectivity index (χ0v) is 19.6. The molecular formula is C26H34N4O2. The Hall–Kier alpha value is -2.86. The summed E-state index contributed by atoms with van der Waals surface area (Å²) in [7, 11) is 0.